The van der Waals surface area contributed by atoms with Gasteiger partial charge in [0.25, 0.3) is 5.91 Å². The molecule has 0 aliphatic carbocycles. The quantitative estimate of drug-likeness (QED) is 0.899. The number of halogens is 2. The molecule has 1 aliphatic rings. The molecule has 1 aliphatic heterocycles. The first-order valence-electron chi connectivity index (χ1n) is 5.96. The molecule has 1 fully saturated rings. The lowest BCUT2D eigenvalue weighted by atomic mass is 10.1. The number of amides is 1. The summed E-state index contributed by atoms with van der Waals surface area (Å²) in [5, 5.41) is 2.58. The number of carbonyl (C=O) groups is 1. The van der Waals surface area contributed by atoms with E-state index in [2.05, 4.69) is 5.32 Å². The third-order valence-corrected chi connectivity index (χ3v) is 3.07. The largest absolute Gasteiger partial charge is 0.376 e. The van der Waals surface area contributed by atoms with Crippen molar-refractivity contribution < 1.29 is 18.3 Å². The molecule has 2 atom stereocenters. The molecule has 0 aromatic heterocycles. The van der Waals surface area contributed by atoms with Crippen LogP contribution in [0.5, 0.6) is 0 Å². The predicted molar refractivity (Wildman–Crippen MR) is 62.3 cm³/mol. The van der Waals surface area contributed by atoms with Crippen LogP contribution in [-0.2, 0) is 4.74 Å². The average molecular weight is 255 g/mol. The van der Waals surface area contributed by atoms with E-state index in [9.17, 15) is 13.6 Å². The molecule has 3 nitrogen and oxygen atoms in total. The molecular weight excluding hydrogens is 240 g/mol. The second kappa shape index (κ2) is 5.44. The molecule has 2 rings (SSSR count). The summed E-state index contributed by atoms with van der Waals surface area (Å²) in [5.41, 5.74) is -0.539. The first kappa shape index (κ1) is 13.0. The Labute approximate surface area is 104 Å². The fourth-order valence-corrected chi connectivity index (χ4v) is 2.08. The van der Waals surface area contributed by atoms with Crippen molar-refractivity contribution >= 4 is 5.91 Å². The number of hydrogen-bond acceptors (Lipinski definition) is 2. The van der Waals surface area contributed by atoms with Crippen LogP contribution in [0.15, 0.2) is 18.2 Å². The minimum absolute atomic E-state index is 0.0798. The Bertz CT molecular complexity index is 424. The zero-order valence-corrected chi connectivity index (χ0v) is 10.1. The molecule has 1 N–H and O–H groups in total. The number of rotatable bonds is 3. The first-order valence-corrected chi connectivity index (χ1v) is 5.96. The van der Waals surface area contributed by atoms with Crippen LogP contribution in [0.4, 0.5) is 8.78 Å². The highest BCUT2D eigenvalue weighted by atomic mass is 19.1. The lowest BCUT2D eigenvalue weighted by Crippen LogP contribution is -2.41. The summed E-state index contributed by atoms with van der Waals surface area (Å²) in [7, 11) is 0. The van der Waals surface area contributed by atoms with Gasteiger partial charge in [-0.25, -0.2) is 8.78 Å². The Morgan fingerprint density at radius 3 is 2.67 bits per heavy atom. The monoisotopic (exact) mass is 255 g/mol. The van der Waals surface area contributed by atoms with Gasteiger partial charge in [0, 0.05) is 6.61 Å². The van der Waals surface area contributed by atoms with E-state index < -0.39 is 23.1 Å². The van der Waals surface area contributed by atoms with Crippen LogP contribution in [-0.4, -0.2) is 24.7 Å². The summed E-state index contributed by atoms with van der Waals surface area (Å²) in [6.07, 6.45) is 1.71. The van der Waals surface area contributed by atoms with E-state index in [1.165, 1.54) is 6.07 Å². The highest BCUT2D eigenvalue weighted by molar-refractivity contribution is 5.94. The van der Waals surface area contributed by atoms with Gasteiger partial charge in [-0.15, -0.1) is 0 Å². The van der Waals surface area contributed by atoms with Crippen LogP contribution >= 0.6 is 0 Å². The normalized spacial score (nSPS) is 20.7. The number of carbonyl (C=O) groups excluding carboxylic acids is 1. The van der Waals surface area contributed by atoms with Crippen molar-refractivity contribution in [2.75, 3.05) is 6.61 Å². The molecule has 1 heterocycles. The van der Waals surface area contributed by atoms with E-state index in [4.69, 9.17) is 4.74 Å². The van der Waals surface area contributed by atoms with Crippen LogP contribution < -0.4 is 5.32 Å². The highest BCUT2D eigenvalue weighted by Gasteiger charge is 2.26. The van der Waals surface area contributed by atoms with Gasteiger partial charge in [0.2, 0.25) is 0 Å². The summed E-state index contributed by atoms with van der Waals surface area (Å²) < 4.78 is 32.2. The Kier molecular flexibility index (Phi) is 3.91. The molecule has 1 saturated heterocycles. The molecule has 1 aromatic carbocycles. The van der Waals surface area contributed by atoms with E-state index >= 15 is 0 Å². The Hall–Kier alpha value is -1.49. The predicted octanol–water partition coefficient (Wildman–Crippen LogP) is 2.26. The molecule has 2 unspecified atom stereocenters. The van der Waals surface area contributed by atoms with E-state index in [1.807, 2.05) is 0 Å². The maximum atomic E-state index is 13.4. The summed E-state index contributed by atoms with van der Waals surface area (Å²) in [5.74, 6) is -2.45. The van der Waals surface area contributed by atoms with Crippen molar-refractivity contribution in [1.29, 1.82) is 0 Å². The zero-order valence-electron chi connectivity index (χ0n) is 10.1. The van der Waals surface area contributed by atoms with Crippen LogP contribution in [0.25, 0.3) is 0 Å². The van der Waals surface area contributed by atoms with Gasteiger partial charge >= 0.3 is 0 Å². The summed E-state index contributed by atoms with van der Waals surface area (Å²) in [4.78, 5) is 11.8. The SMILES string of the molecule is CC(NC(=O)c1c(F)cccc1F)C1CCCO1. The molecule has 5 heteroatoms. The van der Waals surface area contributed by atoms with Crippen molar-refractivity contribution in [2.45, 2.75) is 31.9 Å². The van der Waals surface area contributed by atoms with Gasteiger partial charge in [-0.3, -0.25) is 4.79 Å². The maximum Gasteiger partial charge on any atom is 0.257 e. The van der Waals surface area contributed by atoms with E-state index in [0.717, 1.165) is 25.0 Å². The van der Waals surface area contributed by atoms with Gasteiger partial charge in [0.15, 0.2) is 0 Å². The third kappa shape index (κ3) is 2.67. The first-order chi connectivity index (χ1) is 8.59. The van der Waals surface area contributed by atoms with Gasteiger partial charge in [-0.2, -0.15) is 0 Å². The minimum atomic E-state index is -0.855. The van der Waals surface area contributed by atoms with Crippen molar-refractivity contribution in [3.8, 4) is 0 Å². The summed E-state index contributed by atoms with van der Waals surface area (Å²) in [6.45, 7) is 2.44. The molecule has 0 saturated carbocycles. The van der Waals surface area contributed by atoms with Gasteiger partial charge in [0.1, 0.15) is 17.2 Å². The standard InChI is InChI=1S/C13H15F2NO2/c1-8(11-6-3-7-18-11)16-13(17)12-9(14)4-2-5-10(12)15/h2,4-5,8,11H,3,6-7H2,1H3,(H,16,17). The zero-order chi connectivity index (χ0) is 13.1. The van der Waals surface area contributed by atoms with E-state index in [1.54, 1.807) is 6.92 Å². The fraction of sp³-hybridized carbons (Fsp3) is 0.462. The average Bonchev–Trinajstić information content (AvgIpc) is 2.81. The number of benzene rings is 1. The van der Waals surface area contributed by atoms with Gasteiger partial charge in [-0.05, 0) is 31.9 Å². The topological polar surface area (TPSA) is 38.3 Å². The summed E-state index contributed by atoms with van der Waals surface area (Å²) >= 11 is 0. The Balaban J connectivity index is 2.07. The molecule has 98 valence electrons. The molecular formula is C13H15F2NO2. The highest BCUT2D eigenvalue weighted by Crippen LogP contribution is 2.17. The van der Waals surface area contributed by atoms with Gasteiger partial charge in [0.05, 0.1) is 12.1 Å². The molecule has 0 radical (unpaired) electrons. The lowest BCUT2D eigenvalue weighted by molar-refractivity contribution is 0.0707. The van der Waals surface area contributed by atoms with Crippen molar-refractivity contribution in [3.05, 3.63) is 35.4 Å². The number of ether oxygens (including phenoxy) is 1. The van der Waals surface area contributed by atoms with Crippen LogP contribution in [0, 0.1) is 11.6 Å². The summed E-state index contributed by atoms with van der Waals surface area (Å²) in [6, 6.07) is 3.09. The van der Waals surface area contributed by atoms with E-state index in [-0.39, 0.29) is 12.1 Å². The van der Waals surface area contributed by atoms with Crippen molar-refractivity contribution in [2.24, 2.45) is 0 Å². The smallest absolute Gasteiger partial charge is 0.257 e. The lowest BCUT2D eigenvalue weighted by Gasteiger charge is -2.20. The Morgan fingerprint density at radius 1 is 1.44 bits per heavy atom. The van der Waals surface area contributed by atoms with Crippen LogP contribution in [0.2, 0.25) is 0 Å². The van der Waals surface area contributed by atoms with E-state index in [0.29, 0.717) is 6.61 Å². The van der Waals surface area contributed by atoms with Gasteiger partial charge < -0.3 is 10.1 Å². The fourth-order valence-electron chi connectivity index (χ4n) is 2.08. The second-order valence-electron chi connectivity index (χ2n) is 4.41. The van der Waals surface area contributed by atoms with Crippen molar-refractivity contribution in [3.63, 3.8) is 0 Å². The molecule has 0 bridgehead atoms. The third-order valence-electron chi connectivity index (χ3n) is 3.07. The molecule has 1 amide bonds. The van der Waals surface area contributed by atoms with Crippen LogP contribution in [0.3, 0.4) is 0 Å². The van der Waals surface area contributed by atoms with Crippen molar-refractivity contribution in [1.82, 2.24) is 5.32 Å². The second-order valence-corrected chi connectivity index (χ2v) is 4.41. The maximum absolute atomic E-state index is 13.4. The minimum Gasteiger partial charge on any atom is -0.376 e. The Morgan fingerprint density at radius 2 is 2.11 bits per heavy atom. The number of hydrogen-bond donors (Lipinski definition) is 1. The van der Waals surface area contributed by atoms with Gasteiger partial charge in [-0.1, -0.05) is 6.07 Å². The molecule has 0 spiro atoms. The molecule has 1 aromatic rings. The number of nitrogens with one attached hydrogen (secondary N) is 1. The van der Waals surface area contributed by atoms with Crippen LogP contribution in [0.1, 0.15) is 30.1 Å². The molecule has 18 heavy (non-hydrogen) atoms.